The zero-order chi connectivity index (χ0) is 19.3. The van der Waals surface area contributed by atoms with E-state index in [0.717, 1.165) is 25.0 Å². The molecule has 0 N–H and O–H groups in total. The van der Waals surface area contributed by atoms with Gasteiger partial charge in [-0.1, -0.05) is 18.2 Å². The van der Waals surface area contributed by atoms with E-state index in [2.05, 4.69) is 9.97 Å². The number of ether oxygens (including phenoxy) is 1. The van der Waals surface area contributed by atoms with E-state index in [0.29, 0.717) is 29.4 Å². The highest BCUT2D eigenvalue weighted by Crippen LogP contribution is 2.27. The van der Waals surface area contributed by atoms with Gasteiger partial charge in [0.15, 0.2) is 0 Å². The van der Waals surface area contributed by atoms with Gasteiger partial charge in [0.05, 0.1) is 6.10 Å². The Kier molecular flexibility index (Phi) is 5.73. The number of aromatic nitrogens is 2. The monoisotopic (exact) mass is 397 g/mol. The van der Waals surface area contributed by atoms with Crippen LogP contribution in [0.25, 0.3) is 10.6 Å². The van der Waals surface area contributed by atoms with Gasteiger partial charge in [0.25, 0.3) is 5.91 Å². The molecule has 0 radical (unpaired) electrons. The molecule has 1 amide bonds. The first kappa shape index (κ1) is 18.7. The summed E-state index contributed by atoms with van der Waals surface area (Å²) < 4.78 is 19.8. The fourth-order valence-corrected chi connectivity index (χ4v) is 4.08. The zero-order valence-electron chi connectivity index (χ0n) is 15.3. The van der Waals surface area contributed by atoms with Gasteiger partial charge in [-0.3, -0.25) is 9.78 Å². The molecule has 1 atom stereocenters. The Labute approximate surface area is 166 Å². The summed E-state index contributed by atoms with van der Waals surface area (Å²) in [6.07, 6.45) is 5.44. The van der Waals surface area contributed by atoms with Crippen LogP contribution in [-0.4, -0.2) is 40.0 Å². The lowest BCUT2D eigenvalue weighted by Crippen LogP contribution is -2.37. The Bertz CT molecular complexity index is 942. The van der Waals surface area contributed by atoms with Crippen LogP contribution >= 0.6 is 11.3 Å². The SMILES string of the molecule is O=C(c1csc(-c2ccccc2F)n1)N(Cc1cccnc1)CC1CCCO1. The molecular weight excluding hydrogens is 377 g/mol. The number of hydrogen-bond acceptors (Lipinski definition) is 5. The molecule has 7 heteroatoms. The minimum Gasteiger partial charge on any atom is -0.376 e. The lowest BCUT2D eigenvalue weighted by molar-refractivity contribution is 0.0503. The maximum atomic E-state index is 14.1. The lowest BCUT2D eigenvalue weighted by atomic mass is 10.2. The maximum absolute atomic E-state index is 14.1. The van der Waals surface area contributed by atoms with E-state index in [4.69, 9.17) is 4.74 Å². The van der Waals surface area contributed by atoms with Crippen molar-refractivity contribution >= 4 is 17.2 Å². The Morgan fingerprint density at radius 2 is 2.18 bits per heavy atom. The third-order valence-electron chi connectivity index (χ3n) is 4.66. The molecule has 1 saturated heterocycles. The van der Waals surface area contributed by atoms with E-state index in [1.54, 1.807) is 40.9 Å². The summed E-state index contributed by atoms with van der Waals surface area (Å²) in [6.45, 7) is 1.66. The van der Waals surface area contributed by atoms with Crippen molar-refractivity contribution in [3.63, 3.8) is 0 Å². The lowest BCUT2D eigenvalue weighted by Gasteiger charge is -2.24. The average molecular weight is 397 g/mol. The summed E-state index contributed by atoms with van der Waals surface area (Å²) in [5, 5.41) is 2.19. The second-order valence-electron chi connectivity index (χ2n) is 6.70. The number of benzene rings is 1. The molecule has 4 rings (SSSR count). The minimum absolute atomic E-state index is 0.0327. The van der Waals surface area contributed by atoms with Crippen LogP contribution in [0.15, 0.2) is 54.2 Å². The third-order valence-corrected chi connectivity index (χ3v) is 5.53. The number of carbonyl (C=O) groups is 1. The highest BCUT2D eigenvalue weighted by atomic mass is 32.1. The van der Waals surface area contributed by atoms with Crippen molar-refractivity contribution in [1.82, 2.24) is 14.9 Å². The fourth-order valence-electron chi connectivity index (χ4n) is 3.26. The molecule has 2 aromatic heterocycles. The fraction of sp³-hybridized carbons (Fsp3) is 0.286. The van der Waals surface area contributed by atoms with Crippen LogP contribution < -0.4 is 0 Å². The quantitative estimate of drug-likeness (QED) is 0.627. The standard InChI is InChI=1S/C21H20FN3O2S/c22-18-8-2-1-7-17(18)20-24-19(14-28-20)21(26)25(13-16-6-4-10-27-16)12-15-5-3-9-23-11-15/h1-3,5,7-9,11,14,16H,4,6,10,12-13H2. The van der Waals surface area contributed by atoms with E-state index in [1.807, 2.05) is 12.1 Å². The molecule has 1 aliphatic rings. The van der Waals surface area contributed by atoms with Gasteiger partial charge in [-0.15, -0.1) is 11.3 Å². The summed E-state index contributed by atoms with van der Waals surface area (Å²) in [4.78, 5) is 23.5. The van der Waals surface area contributed by atoms with Gasteiger partial charge in [0, 0.05) is 43.0 Å². The van der Waals surface area contributed by atoms with Crippen LogP contribution in [0.5, 0.6) is 0 Å². The summed E-state index contributed by atoms with van der Waals surface area (Å²) in [5.41, 5.74) is 1.67. The number of carbonyl (C=O) groups excluding carboxylic acids is 1. The first-order valence-electron chi connectivity index (χ1n) is 9.21. The Morgan fingerprint density at radius 1 is 1.29 bits per heavy atom. The smallest absolute Gasteiger partial charge is 0.273 e. The van der Waals surface area contributed by atoms with Crippen molar-refractivity contribution in [2.24, 2.45) is 0 Å². The molecule has 0 bridgehead atoms. The van der Waals surface area contributed by atoms with Gasteiger partial charge >= 0.3 is 0 Å². The molecule has 1 fully saturated rings. The molecule has 1 unspecified atom stereocenters. The molecule has 1 aliphatic heterocycles. The molecular formula is C21H20FN3O2S. The van der Waals surface area contributed by atoms with Crippen molar-refractivity contribution in [2.45, 2.75) is 25.5 Å². The highest BCUT2D eigenvalue weighted by Gasteiger charge is 2.25. The van der Waals surface area contributed by atoms with E-state index in [9.17, 15) is 9.18 Å². The summed E-state index contributed by atoms with van der Waals surface area (Å²) >= 11 is 1.27. The molecule has 5 nitrogen and oxygen atoms in total. The van der Waals surface area contributed by atoms with Gasteiger partial charge in [0.2, 0.25) is 0 Å². The first-order valence-corrected chi connectivity index (χ1v) is 10.1. The normalized spacial score (nSPS) is 16.2. The molecule has 3 aromatic rings. The van der Waals surface area contributed by atoms with Gasteiger partial charge < -0.3 is 9.64 Å². The Balaban J connectivity index is 1.57. The number of rotatable bonds is 6. The molecule has 0 saturated carbocycles. The number of thiazole rings is 1. The summed E-state index contributed by atoms with van der Waals surface area (Å²) in [5.74, 6) is -0.527. The molecule has 144 valence electrons. The van der Waals surface area contributed by atoms with Gasteiger partial charge in [-0.05, 0) is 36.6 Å². The van der Waals surface area contributed by atoms with Crippen molar-refractivity contribution in [1.29, 1.82) is 0 Å². The van der Waals surface area contributed by atoms with E-state index in [1.165, 1.54) is 17.4 Å². The van der Waals surface area contributed by atoms with Crippen LogP contribution in [0.1, 0.15) is 28.9 Å². The van der Waals surface area contributed by atoms with Crippen LogP contribution in [0.3, 0.4) is 0 Å². The Hall–Kier alpha value is -2.64. The highest BCUT2D eigenvalue weighted by molar-refractivity contribution is 7.13. The molecule has 0 spiro atoms. The number of nitrogens with zero attached hydrogens (tertiary/aromatic N) is 3. The average Bonchev–Trinajstić information content (AvgIpc) is 3.40. The van der Waals surface area contributed by atoms with Crippen LogP contribution in [0.4, 0.5) is 4.39 Å². The Morgan fingerprint density at radius 3 is 2.93 bits per heavy atom. The summed E-state index contributed by atoms with van der Waals surface area (Å²) in [7, 11) is 0. The van der Waals surface area contributed by atoms with Gasteiger partial charge in [0.1, 0.15) is 16.5 Å². The zero-order valence-corrected chi connectivity index (χ0v) is 16.1. The predicted octanol–water partition coefficient (Wildman–Crippen LogP) is 4.17. The number of halogens is 1. The van der Waals surface area contributed by atoms with Crippen molar-refractivity contribution in [3.05, 3.63) is 71.2 Å². The van der Waals surface area contributed by atoms with Gasteiger partial charge in [-0.25, -0.2) is 9.37 Å². The van der Waals surface area contributed by atoms with Crippen molar-refractivity contribution in [2.75, 3.05) is 13.2 Å². The second-order valence-corrected chi connectivity index (χ2v) is 7.56. The first-order chi connectivity index (χ1) is 13.7. The minimum atomic E-state index is -0.345. The van der Waals surface area contributed by atoms with Crippen LogP contribution in [0.2, 0.25) is 0 Å². The van der Waals surface area contributed by atoms with Crippen LogP contribution in [-0.2, 0) is 11.3 Å². The molecule has 0 aliphatic carbocycles. The largest absolute Gasteiger partial charge is 0.376 e. The van der Waals surface area contributed by atoms with Crippen molar-refractivity contribution in [3.8, 4) is 10.6 Å². The number of pyridine rings is 1. The molecule has 3 heterocycles. The van der Waals surface area contributed by atoms with E-state index < -0.39 is 0 Å². The summed E-state index contributed by atoms with van der Waals surface area (Å²) in [6, 6.07) is 10.2. The second kappa shape index (κ2) is 8.58. The van der Waals surface area contributed by atoms with Gasteiger partial charge in [-0.2, -0.15) is 0 Å². The topological polar surface area (TPSA) is 55.3 Å². The molecule has 1 aromatic carbocycles. The predicted molar refractivity (Wildman–Crippen MR) is 105 cm³/mol. The number of amides is 1. The van der Waals surface area contributed by atoms with Crippen LogP contribution in [0, 0.1) is 5.82 Å². The van der Waals surface area contributed by atoms with E-state index >= 15 is 0 Å². The molecule has 28 heavy (non-hydrogen) atoms. The maximum Gasteiger partial charge on any atom is 0.273 e. The van der Waals surface area contributed by atoms with Crippen molar-refractivity contribution < 1.29 is 13.9 Å². The third kappa shape index (κ3) is 4.26. The number of hydrogen-bond donors (Lipinski definition) is 0. The van der Waals surface area contributed by atoms with E-state index in [-0.39, 0.29) is 17.8 Å².